The molecule has 3 nitrogen and oxygen atoms in total. The fourth-order valence-corrected chi connectivity index (χ4v) is 1.35. The van der Waals surface area contributed by atoms with E-state index in [4.69, 9.17) is 5.73 Å². The van der Waals surface area contributed by atoms with E-state index in [2.05, 4.69) is 17.2 Å². The number of nitrogens with one attached hydrogen (secondary N) is 1. The topological polar surface area (TPSA) is 50.4 Å². The lowest BCUT2D eigenvalue weighted by molar-refractivity contribution is 0.752. The molecular weight excluding hydrogens is 150 g/mol. The largest absolute Gasteiger partial charge is 0.370 e. The predicted molar refractivity (Wildman–Crippen MR) is 49.9 cm³/mol. The molecule has 2 saturated carbocycles. The van der Waals surface area contributed by atoms with Crippen LogP contribution in [0.25, 0.3) is 0 Å². The molecule has 0 radical (unpaired) electrons. The third kappa shape index (κ3) is 2.13. The van der Waals surface area contributed by atoms with Gasteiger partial charge in [0.1, 0.15) is 0 Å². The summed E-state index contributed by atoms with van der Waals surface area (Å²) in [6.07, 6.45) is 3.85. The van der Waals surface area contributed by atoms with Crippen molar-refractivity contribution in [2.45, 2.75) is 32.2 Å². The Labute approximate surface area is 73.4 Å². The summed E-state index contributed by atoms with van der Waals surface area (Å²) in [6.45, 7) is 3.19. The summed E-state index contributed by atoms with van der Waals surface area (Å²) >= 11 is 0. The Balaban J connectivity index is 1.66. The minimum Gasteiger partial charge on any atom is -0.370 e. The smallest absolute Gasteiger partial charge is 0.188 e. The van der Waals surface area contributed by atoms with Crippen LogP contribution in [0.4, 0.5) is 0 Å². The number of rotatable bonds is 3. The van der Waals surface area contributed by atoms with Crippen LogP contribution >= 0.6 is 0 Å². The van der Waals surface area contributed by atoms with Gasteiger partial charge in [-0.3, -0.25) is 4.99 Å². The van der Waals surface area contributed by atoms with Gasteiger partial charge in [-0.15, -0.1) is 0 Å². The molecular formula is C9H17N3. The van der Waals surface area contributed by atoms with Crippen LogP contribution in [0.15, 0.2) is 4.99 Å². The highest BCUT2D eigenvalue weighted by Gasteiger charge is 2.32. The Bertz CT molecular complexity index is 196. The molecule has 2 unspecified atom stereocenters. The maximum atomic E-state index is 5.68. The lowest BCUT2D eigenvalue weighted by Gasteiger charge is -2.01. The van der Waals surface area contributed by atoms with Crippen LogP contribution in [0.3, 0.4) is 0 Å². The highest BCUT2D eigenvalue weighted by atomic mass is 15.1. The standard InChI is InChI=1S/C9H17N3/c1-6-4-7(6)5-11-9(10)12-8-2-3-8/h6-8H,2-5H2,1H3,(H3,10,11,12). The highest BCUT2D eigenvalue weighted by Crippen LogP contribution is 2.37. The summed E-state index contributed by atoms with van der Waals surface area (Å²) < 4.78 is 0. The van der Waals surface area contributed by atoms with Crippen molar-refractivity contribution < 1.29 is 0 Å². The summed E-state index contributed by atoms with van der Waals surface area (Å²) in [5.41, 5.74) is 5.68. The second-order valence-electron chi connectivity index (χ2n) is 4.12. The Hall–Kier alpha value is -0.730. The van der Waals surface area contributed by atoms with E-state index in [9.17, 15) is 0 Å². The van der Waals surface area contributed by atoms with Crippen molar-refractivity contribution in [2.24, 2.45) is 22.6 Å². The van der Waals surface area contributed by atoms with Crippen LogP contribution in [0.2, 0.25) is 0 Å². The van der Waals surface area contributed by atoms with Crippen LogP contribution in [0, 0.1) is 11.8 Å². The Morgan fingerprint density at radius 3 is 2.75 bits per heavy atom. The fraction of sp³-hybridized carbons (Fsp3) is 0.889. The molecule has 2 rings (SSSR count). The van der Waals surface area contributed by atoms with E-state index < -0.39 is 0 Å². The summed E-state index contributed by atoms with van der Waals surface area (Å²) in [6, 6.07) is 0.630. The number of nitrogens with zero attached hydrogens (tertiary/aromatic N) is 1. The second-order valence-corrected chi connectivity index (χ2v) is 4.12. The fourth-order valence-electron chi connectivity index (χ4n) is 1.35. The van der Waals surface area contributed by atoms with Crippen molar-refractivity contribution in [3.63, 3.8) is 0 Å². The third-order valence-electron chi connectivity index (χ3n) is 2.70. The van der Waals surface area contributed by atoms with E-state index in [1.807, 2.05) is 0 Å². The molecule has 0 amide bonds. The number of aliphatic imine (C=N–C) groups is 1. The van der Waals surface area contributed by atoms with Crippen LogP contribution in [-0.2, 0) is 0 Å². The third-order valence-corrected chi connectivity index (χ3v) is 2.70. The highest BCUT2D eigenvalue weighted by molar-refractivity contribution is 5.78. The van der Waals surface area contributed by atoms with Crippen molar-refractivity contribution in [3.8, 4) is 0 Å². The van der Waals surface area contributed by atoms with Gasteiger partial charge in [0.2, 0.25) is 0 Å². The summed E-state index contributed by atoms with van der Waals surface area (Å²) in [5, 5.41) is 3.18. The quantitative estimate of drug-likeness (QED) is 0.480. The number of hydrogen-bond donors (Lipinski definition) is 2. The summed E-state index contributed by atoms with van der Waals surface area (Å²) in [7, 11) is 0. The normalized spacial score (nSPS) is 34.9. The molecule has 0 aromatic carbocycles. The van der Waals surface area contributed by atoms with Gasteiger partial charge in [0, 0.05) is 12.6 Å². The number of guanidine groups is 1. The molecule has 0 aromatic rings. The lowest BCUT2D eigenvalue weighted by Crippen LogP contribution is -2.33. The van der Waals surface area contributed by atoms with Gasteiger partial charge in [-0.25, -0.2) is 0 Å². The van der Waals surface area contributed by atoms with Gasteiger partial charge in [0.15, 0.2) is 5.96 Å². The minimum absolute atomic E-state index is 0.630. The molecule has 0 spiro atoms. The van der Waals surface area contributed by atoms with Crippen LogP contribution < -0.4 is 11.1 Å². The van der Waals surface area contributed by atoms with Crippen LogP contribution in [0.1, 0.15) is 26.2 Å². The average Bonchev–Trinajstić information content (AvgIpc) is 2.86. The van der Waals surface area contributed by atoms with E-state index in [0.717, 1.165) is 18.4 Å². The number of hydrogen-bond acceptors (Lipinski definition) is 1. The molecule has 12 heavy (non-hydrogen) atoms. The van der Waals surface area contributed by atoms with E-state index >= 15 is 0 Å². The first-order valence-electron chi connectivity index (χ1n) is 4.82. The molecule has 0 aliphatic heterocycles. The monoisotopic (exact) mass is 167 g/mol. The molecule has 3 N–H and O–H groups in total. The molecule has 68 valence electrons. The first-order chi connectivity index (χ1) is 5.75. The zero-order valence-corrected chi connectivity index (χ0v) is 7.59. The van der Waals surface area contributed by atoms with E-state index in [1.54, 1.807) is 0 Å². The van der Waals surface area contributed by atoms with Gasteiger partial charge in [0.25, 0.3) is 0 Å². The van der Waals surface area contributed by atoms with Crippen molar-refractivity contribution in [3.05, 3.63) is 0 Å². The van der Waals surface area contributed by atoms with Crippen molar-refractivity contribution in [1.82, 2.24) is 5.32 Å². The maximum absolute atomic E-state index is 5.68. The van der Waals surface area contributed by atoms with Crippen molar-refractivity contribution >= 4 is 5.96 Å². The molecule has 0 heterocycles. The maximum Gasteiger partial charge on any atom is 0.188 e. The molecule has 0 bridgehead atoms. The van der Waals surface area contributed by atoms with Gasteiger partial charge < -0.3 is 11.1 Å². The molecule has 2 atom stereocenters. The first-order valence-corrected chi connectivity index (χ1v) is 4.82. The second kappa shape index (κ2) is 2.96. The molecule has 2 fully saturated rings. The SMILES string of the molecule is CC1CC1CN=C(N)NC1CC1. The number of nitrogens with two attached hydrogens (primary N) is 1. The van der Waals surface area contributed by atoms with E-state index in [0.29, 0.717) is 12.0 Å². The van der Waals surface area contributed by atoms with Crippen LogP contribution in [-0.4, -0.2) is 18.5 Å². The van der Waals surface area contributed by atoms with Gasteiger partial charge in [-0.2, -0.15) is 0 Å². The van der Waals surface area contributed by atoms with Gasteiger partial charge in [-0.1, -0.05) is 6.92 Å². The molecule has 0 saturated heterocycles. The predicted octanol–water partition coefficient (Wildman–Crippen LogP) is 0.709. The zero-order chi connectivity index (χ0) is 8.55. The Morgan fingerprint density at radius 2 is 2.25 bits per heavy atom. The van der Waals surface area contributed by atoms with Crippen molar-refractivity contribution in [2.75, 3.05) is 6.54 Å². The zero-order valence-electron chi connectivity index (χ0n) is 7.59. The molecule has 2 aliphatic carbocycles. The van der Waals surface area contributed by atoms with Gasteiger partial charge in [0.05, 0.1) is 0 Å². The molecule has 0 aromatic heterocycles. The Morgan fingerprint density at radius 1 is 1.58 bits per heavy atom. The first kappa shape index (κ1) is 7.90. The van der Waals surface area contributed by atoms with Crippen LogP contribution in [0.5, 0.6) is 0 Å². The van der Waals surface area contributed by atoms with Gasteiger partial charge >= 0.3 is 0 Å². The van der Waals surface area contributed by atoms with Crippen molar-refractivity contribution in [1.29, 1.82) is 0 Å². The molecule has 3 heteroatoms. The summed E-state index contributed by atoms with van der Waals surface area (Å²) in [5.74, 6) is 2.34. The van der Waals surface area contributed by atoms with Gasteiger partial charge in [-0.05, 0) is 31.1 Å². The lowest BCUT2D eigenvalue weighted by atomic mass is 10.3. The average molecular weight is 167 g/mol. The Kier molecular flexibility index (Phi) is 1.95. The molecule has 2 aliphatic rings. The van der Waals surface area contributed by atoms with E-state index in [-0.39, 0.29) is 0 Å². The van der Waals surface area contributed by atoms with E-state index in [1.165, 1.54) is 19.3 Å². The summed E-state index contributed by atoms with van der Waals surface area (Å²) in [4.78, 5) is 4.30. The minimum atomic E-state index is 0.630.